The summed E-state index contributed by atoms with van der Waals surface area (Å²) in [5, 5.41) is 11.4. The molecule has 0 unspecified atom stereocenters. The van der Waals surface area contributed by atoms with Gasteiger partial charge < -0.3 is 5.32 Å². The van der Waals surface area contributed by atoms with Crippen molar-refractivity contribution in [3.8, 4) is 6.07 Å². The van der Waals surface area contributed by atoms with Crippen LogP contribution in [0.1, 0.15) is 28.9 Å². The van der Waals surface area contributed by atoms with Crippen LogP contribution in [0, 0.1) is 11.3 Å². The van der Waals surface area contributed by atoms with Gasteiger partial charge in [0.2, 0.25) is 0 Å². The maximum absolute atomic E-state index is 11.5. The molecular weight excluding hydrogens is 317 g/mol. The molecule has 0 saturated carbocycles. The average Bonchev–Trinajstić information content (AvgIpc) is 2.34. The van der Waals surface area contributed by atoms with E-state index in [0.29, 0.717) is 17.8 Å². The van der Waals surface area contributed by atoms with E-state index in [0.717, 1.165) is 17.3 Å². The first-order valence-electron chi connectivity index (χ1n) is 4.98. The molecule has 0 fully saturated rings. The van der Waals surface area contributed by atoms with Gasteiger partial charge in [-0.1, -0.05) is 22.6 Å². The normalized spacial score (nSPS) is 9.50. The molecule has 1 aromatic heterocycles. The van der Waals surface area contributed by atoms with E-state index < -0.39 is 0 Å². The Bertz CT molecular complexity index is 383. The number of nitrogens with zero attached hydrogens (tertiary/aromatic N) is 2. The Hall–Kier alpha value is -1.16. The predicted molar refractivity (Wildman–Crippen MR) is 69.4 cm³/mol. The van der Waals surface area contributed by atoms with E-state index in [4.69, 9.17) is 5.26 Å². The molecular formula is C11H12IN3O. The van der Waals surface area contributed by atoms with Crippen molar-refractivity contribution < 1.29 is 4.79 Å². The third kappa shape index (κ3) is 4.14. The molecule has 5 heteroatoms. The van der Waals surface area contributed by atoms with Gasteiger partial charge in [-0.25, -0.2) is 4.98 Å². The summed E-state index contributed by atoms with van der Waals surface area (Å²) < 4.78 is 1.10. The van der Waals surface area contributed by atoms with Crippen molar-refractivity contribution in [2.75, 3.05) is 11.0 Å². The highest BCUT2D eigenvalue weighted by atomic mass is 127. The number of unbranched alkanes of at least 4 members (excludes halogenated alkanes) is 1. The fourth-order valence-corrected chi connectivity index (χ4v) is 1.65. The van der Waals surface area contributed by atoms with Gasteiger partial charge in [0.15, 0.2) is 0 Å². The van der Waals surface area contributed by atoms with Crippen LogP contribution < -0.4 is 5.32 Å². The molecule has 1 N–H and O–H groups in total. The van der Waals surface area contributed by atoms with E-state index in [1.807, 2.05) is 6.07 Å². The highest BCUT2D eigenvalue weighted by Gasteiger charge is 2.05. The number of aromatic nitrogens is 1. The minimum atomic E-state index is -0.182. The second-order valence-electron chi connectivity index (χ2n) is 3.20. The summed E-state index contributed by atoms with van der Waals surface area (Å²) in [5.41, 5.74) is 0.815. The van der Waals surface area contributed by atoms with E-state index >= 15 is 0 Å². The quantitative estimate of drug-likeness (QED) is 0.510. The van der Waals surface area contributed by atoms with Gasteiger partial charge in [0.1, 0.15) is 11.8 Å². The third-order valence-electron chi connectivity index (χ3n) is 1.97. The second-order valence-corrected chi connectivity index (χ2v) is 4.27. The largest absolute Gasteiger partial charge is 0.351 e. The molecule has 1 aromatic rings. The second kappa shape index (κ2) is 7.17. The number of rotatable bonds is 5. The molecule has 0 radical (unpaired) electrons. The minimum absolute atomic E-state index is 0.182. The van der Waals surface area contributed by atoms with Crippen LogP contribution in [0.25, 0.3) is 0 Å². The standard InChI is InChI=1S/C11H12IN3O/c12-5-1-2-6-14-11(16)10-4-3-9(7-13)8-15-10/h3-4,8H,1-2,5-6H2,(H,14,16). The molecule has 0 aliphatic carbocycles. The fraction of sp³-hybridized carbons (Fsp3) is 0.364. The van der Waals surface area contributed by atoms with E-state index in [1.165, 1.54) is 6.20 Å². The molecule has 0 aliphatic heterocycles. The lowest BCUT2D eigenvalue weighted by Crippen LogP contribution is -2.25. The molecule has 1 heterocycles. The smallest absolute Gasteiger partial charge is 0.269 e. The summed E-state index contributed by atoms with van der Waals surface area (Å²) in [7, 11) is 0. The van der Waals surface area contributed by atoms with Gasteiger partial charge in [-0.2, -0.15) is 5.26 Å². The first kappa shape index (κ1) is 12.9. The summed E-state index contributed by atoms with van der Waals surface area (Å²) in [5.74, 6) is -0.182. The molecule has 0 spiro atoms. The number of carbonyl (C=O) groups excluding carboxylic acids is 1. The van der Waals surface area contributed by atoms with Crippen LogP contribution in [-0.4, -0.2) is 21.9 Å². The molecule has 1 amide bonds. The zero-order chi connectivity index (χ0) is 11.8. The first-order chi connectivity index (χ1) is 7.77. The zero-order valence-electron chi connectivity index (χ0n) is 8.74. The lowest BCUT2D eigenvalue weighted by atomic mass is 10.2. The topological polar surface area (TPSA) is 65.8 Å². The van der Waals surface area contributed by atoms with Gasteiger partial charge >= 0.3 is 0 Å². The summed E-state index contributed by atoms with van der Waals surface area (Å²) >= 11 is 2.31. The van der Waals surface area contributed by atoms with Gasteiger partial charge in [0.25, 0.3) is 5.91 Å². The van der Waals surface area contributed by atoms with Gasteiger partial charge in [-0.15, -0.1) is 0 Å². The first-order valence-corrected chi connectivity index (χ1v) is 6.51. The molecule has 16 heavy (non-hydrogen) atoms. The Balaban J connectivity index is 2.44. The minimum Gasteiger partial charge on any atom is -0.351 e. The number of nitriles is 1. The van der Waals surface area contributed by atoms with Gasteiger partial charge in [0, 0.05) is 12.7 Å². The number of carbonyl (C=O) groups is 1. The summed E-state index contributed by atoms with van der Waals surface area (Å²) in [6.45, 7) is 0.670. The van der Waals surface area contributed by atoms with E-state index in [-0.39, 0.29) is 5.91 Å². The van der Waals surface area contributed by atoms with Crippen molar-refractivity contribution in [2.24, 2.45) is 0 Å². The van der Waals surface area contributed by atoms with Gasteiger partial charge in [-0.3, -0.25) is 4.79 Å². The summed E-state index contributed by atoms with van der Waals surface area (Å²) in [6, 6.07) is 5.11. The molecule has 0 saturated heterocycles. The van der Waals surface area contributed by atoms with Crippen LogP contribution >= 0.6 is 22.6 Å². The van der Waals surface area contributed by atoms with Crippen molar-refractivity contribution in [3.05, 3.63) is 29.6 Å². The maximum Gasteiger partial charge on any atom is 0.269 e. The Kier molecular flexibility index (Phi) is 5.78. The summed E-state index contributed by atoms with van der Waals surface area (Å²) in [4.78, 5) is 15.5. The Morgan fingerprint density at radius 3 is 2.88 bits per heavy atom. The molecule has 1 rings (SSSR count). The van der Waals surface area contributed by atoms with Gasteiger partial charge in [-0.05, 0) is 29.4 Å². The molecule has 0 aromatic carbocycles. The SMILES string of the molecule is N#Cc1ccc(C(=O)NCCCCI)nc1. The van der Waals surface area contributed by atoms with Crippen LogP contribution in [0.2, 0.25) is 0 Å². The number of halogens is 1. The Morgan fingerprint density at radius 2 is 2.31 bits per heavy atom. The zero-order valence-corrected chi connectivity index (χ0v) is 10.9. The number of amides is 1. The maximum atomic E-state index is 11.5. The lowest BCUT2D eigenvalue weighted by molar-refractivity contribution is 0.0948. The number of pyridine rings is 1. The molecule has 84 valence electrons. The van der Waals surface area contributed by atoms with E-state index in [9.17, 15) is 4.79 Å². The van der Waals surface area contributed by atoms with Crippen molar-refractivity contribution in [1.82, 2.24) is 10.3 Å². The van der Waals surface area contributed by atoms with Crippen molar-refractivity contribution in [3.63, 3.8) is 0 Å². The Morgan fingerprint density at radius 1 is 1.50 bits per heavy atom. The Labute approximate surface area is 108 Å². The molecule has 0 aliphatic rings. The van der Waals surface area contributed by atoms with Crippen molar-refractivity contribution in [2.45, 2.75) is 12.8 Å². The van der Waals surface area contributed by atoms with Crippen molar-refractivity contribution >= 4 is 28.5 Å². The van der Waals surface area contributed by atoms with E-state index in [1.54, 1.807) is 12.1 Å². The summed E-state index contributed by atoms with van der Waals surface area (Å²) in [6.07, 6.45) is 3.48. The number of nitrogens with one attached hydrogen (secondary N) is 1. The van der Waals surface area contributed by atoms with Crippen LogP contribution in [0.15, 0.2) is 18.3 Å². The van der Waals surface area contributed by atoms with Crippen LogP contribution in [0.4, 0.5) is 0 Å². The van der Waals surface area contributed by atoms with Gasteiger partial charge in [0.05, 0.1) is 5.56 Å². The number of hydrogen-bond donors (Lipinski definition) is 1. The third-order valence-corrected chi connectivity index (χ3v) is 2.73. The average molecular weight is 329 g/mol. The number of hydrogen-bond acceptors (Lipinski definition) is 3. The highest BCUT2D eigenvalue weighted by Crippen LogP contribution is 1.99. The predicted octanol–water partition coefficient (Wildman–Crippen LogP) is 1.90. The van der Waals surface area contributed by atoms with Crippen LogP contribution in [0.3, 0.4) is 0 Å². The molecule has 4 nitrogen and oxygen atoms in total. The monoisotopic (exact) mass is 329 g/mol. The van der Waals surface area contributed by atoms with E-state index in [2.05, 4.69) is 32.9 Å². The molecule has 0 bridgehead atoms. The fourth-order valence-electron chi connectivity index (χ4n) is 1.11. The van der Waals surface area contributed by atoms with Crippen LogP contribution in [-0.2, 0) is 0 Å². The lowest BCUT2D eigenvalue weighted by Gasteiger charge is -2.03. The van der Waals surface area contributed by atoms with Crippen LogP contribution in [0.5, 0.6) is 0 Å². The highest BCUT2D eigenvalue weighted by molar-refractivity contribution is 14.1. The van der Waals surface area contributed by atoms with Crippen molar-refractivity contribution in [1.29, 1.82) is 5.26 Å². The molecule has 0 atom stereocenters. The number of alkyl halides is 1.